The number of carbonyl (C=O) groups excluding carboxylic acids is 4. The van der Waals surface area contributed by atoms with E-state index < -0.39 is 36.4 Å². The van der Waals surface area contributed by atoms with E-state index in [1.54, 1.807) is 67.8 Å². The van der Waals surface area contributed by atoms with Crippen molar-refractivity contribution >= 4 is 55.5 Å². The zero-order valence-corrected chi connectivity index (χ0v) is 41.3. The van der Waals surface area contributed by atoms with Gasteiger partial charge in [-0.05, 0) is 108 Å². The van der Waals surface area contributed by atoms with Gasteiger partial charge >= 0.3 is 0 Å². The normalized spacial score (nSPS) is 13.6. The second-order valence-electron chi connectivity index (χ2n) is 16.5. The topological polar surface area (TPSA) is 222 Å². The zero-order chi connectivity index (χ0) is 51.2. The molecule has 0 unspecified atom stereocenters. The van der Waals surface area contributed by atoms with Gasteiger partial charge in [0.25, 0.3) is 23.6 Å². The Morgan fingerprint density at radius 3 is 1.50 bits per heavy atom. The molecule has 0 radical (unpaired) electrons. The minimum absolute atomic E-state index is 0.0334. The molecule has 2 heterocycles. The van der Waals surface area contributed by atoms with Crippen molar-refractivity contribution in [2.24, 2.45) is 0 Å². The molecule has 4 N–H and O–H groups in total. The summed E-state index contributed by atoms with van der Waals surface area (Å²) in [7, 11) is -2.30. The number of nitrogens with one attached hydrogen (secondary N) is 4. The van der Waals surface area contributed by atoms with E-state index in [9.17, 15) is 36.0 Å². The average molecular weight is 1010 g/mol. The van der Waals surface area contributed by atoms with Crippen molar-refractivity contribution in [2.75, 3.05) is 54.6 Å². The van der Waals surface area contributed by atoms with Crippen LogP contribution in [0.15, 0.2) is 141 Å². The molecular weight excluding hydrogens is 961 g/mol. The molecule has 0 aliphatic carbocycles. The number of sulfone groups is 2. The molecule has 0 saturated carbocycles. The van der Waals surface area contributed by atoms with Gasteiger partial charge in [-0.1, -0.05) is 60.7 Å². The van der Waals surface area contributed by atoms with Crippen LogP contribution in [0.3, 0.4) is 0 Å². The Bertz CT molecular complexity index is 3410. The molecule has 0 fully saturated rings. The lowest BCUT2D eigenvalue weighted by atomic mass is 9.95. The van der Waals surface area contributed by atoms with Crippen molar-refractivity contribution in [3.63, 3.8) is 0 Å². The number of rotatable bonds is 19. The number of ether oxygens (including phenoxy) is 4. The first-order valence-corrected chi connectivity index (χ1v) is 25.6. The fraction of sp³-hybridized carbons (Fsp3) is 0.185. The van der Waals surface area contributed by atoms with Gasteiger partial charge in [-0.3, -0.25) is 19.2 Å². The summed E-state index contributed by atoms with van der Waals surface area (Å²) in [6.45, 7) is 0.641. The van der Waals surface area contributed by atoms with Gasteiger partial charge in [-0.2, -0.15) is 0 Å². The molecule has 0 bridgehead atoms. The van der Waals surface area contributed by atoms with Gasteiger partial charge in [0.2, 0.25) is 19.7 Å². The fourth-order valence-corrected chi connectivity index (χ4v) is 11.5. The highest BCUT2D eigenvalue weighted by molar-refractivity contribution is 7.97. The van der Waals surface area contributed by atoms with Crippen LogP contribution < -0.4 is 40.2 Å². The van der Waals surface area contributed by atoms with E-state index in [4.69, 9.17) is 18.9 Å². The molecule has 0 atom stereocenters. The Balaban J connectivity index is 0.851. The van der Waals surface area contributed by atoms with Crippen molar-refractivity contribution in [3.05, 3.63) is 153 Å². The second-order valence-corrected chi connectivity index (χ2v) is 20.3. The van der Waals surface area contributed by atoms with Gasteiger partial charge in [0, 0.05) is 59.6 Å². The van der Waals surface area contributed by atoms with Gasteiger partial charge < -0.3 is 40.2 Å². The lowest BCUT2D eigenvalue weighted by Crippen LogP contribution is -2.31. The first-order valence-electron chi connectivity index (χ1n) is 22.7. The molecule has 18 heteroatoms. The summed E-state index contributed by atoms with van der Waals surface area (Å²) in [5.41, 5.74) is 5.56. The number of amides is 4. The third-order valence-corrected chi connectivity index (χ3v) is 15.7. The first kappa shape index (κ1) is 50.2. The molecule has 6 aromatic carbocycles. The molecule has 0 spiro atoms. The molecule has 370 valence electrons. The van der Waals surface area contributed by atoms with E-state index in [1.165, 1.54) is 51.7 Å². The van der Waals surface area contributed by atoms with Crippen LogP contribution in [-0.4, -0.2) is 95.1 Å². The minimum atomic E-state index is -4.29. The summed E-state index contributed by atoms with van der Waals surface area (Å²) < 4.78 is 76.0. The third kappa shape index (κ3) is 10.2. The van der Waals surface area contributed by atoms with Gasteiger partial charge in [0.15, 0.2) is 0 Å². The highest BCUT2D eigenvalue weighted by atomic mass is 32.2. The van der Waals surface area contributed by atoms with E-state index >= 15 is 0 Å². The Hall–Kier alpha value is -8.22. The summed E-state index contributed by atoms with van der Waals surface area (Å²) in [5, 5.41) is 10.9. The van der Waals surface area contributed by atoms with Crippen LogP contribution in [0.4, 0.5) is 0 Å². The van der Waals surface area contributed by atoms with E-state index in [0.29, 0.717) is 63.3 Å². The molecule has 72 heavy (non-hydrogen) atoms. The van der Waals surface area contributed by atoms with Crippen LogP contribution >= 0.6 is 0 Å². The molecule has 0 saturated heterocycles. The average Bonchev–Trinajstić information content (AvgIpc) is 3.84. The van der Waals surface area contributed by atoms with Crippen molar-refractivity contribution in [3.8, 4) is 56.4 Å². The van der Waals surface area contributed by atoms with Crippen LogP contribution in [-0.2, 0) is 29.3 Å². The quantitative estimate of drug-likeness (QED) is 0.0612. The standard InChI is InChI=1S/C54H50N4O12S2/c1-67-39-22-23-46-38(28-39)31-48(71(46,63)64)53(61)57-26-8-24-56-52(60)36-20-16-34(17-21-36)41-11-7-12-42(50(41)70-4)37-29-45(69-3)43-32-49(72(65,66)47(43)30-37)54(62)58-27-9-25-55-51(59)35-18-14-33(15-19-35)40-10-5-6-13-44(40)68-2/h5-7,10-23,28-32H,8-9,24-27H2,1-4H3,(H,55,59)(H,56,60)(H,57,61)(H,58,62). The van der Waals surface area contributed by atoms with Crippen LogP contribution in [0.2, 0.25) is 0 Å². The summed E-state index contributed by atoms with van der Waals surface area (Å²) in [4.78, 5) is 51.3. The summed E-state index contributed by atoms with van der Waals surface area (Å²) in [6.07, 6.45) is 3.28. The van der Waals surface area contributed by atoms with Crippen molar-refractivity contribution in [2.45, 2.75) is 22.6 Å². The summed E-state index contributed by atoms with van der Waals surface area (Å²) in [6, 6.07) is 34.5. The molecule has 2 aliphatic heterocycles. The van der Waals surface area contributed by atoms with Crippen molar-refractivity contribution < 1.29 is 55.0 Å². The maximum atomic E-state index is 14.0. The van der Waals surface area contributed by atoms with E-state index in [-0.39, 0.29) is 64.0 Å². The lowest BCUT2D eigenvalue weighted by molar-refractivity contribution is -0.117. The van der Waals surface area contributed by atoms with E-state index in [0.717, 1.165) is 16.9 Å². The van der Waals surface area contributed by atoms with Crippen molar-refractivity contribution in [1.82, 2.24) is 21.3 Å². The predicted molar refractivity (Wildman–Crippen MR) is 272 cm³/mol. The molecule has 16 nitrogen and oxygen atoms in total. The molecule has 4 amide bonds. The number of carbonyl (C=O) groups is 4. The van der Waals surface area contributed by atoms with E-state index in [2.05, 4.69) is 21.3 Å². The maximum absolute atomic E-state index is 14.0. The van der Waals surface area contributed by atoms with Crippen molar-refractivity contribution in [1.29, 1.82) is 0 Å². The Kier molecular flexibility index (Phi) is 14.9. The van der Waals surface area contributed by atoms with Gasteiger partial charge in [0.1, 0.15) is 32.8 Å². The first-order chi connectivity index (χ1) is 34.7. The number of para-hydroxylation sites is 2. The van der Waals surface area contributed by atoms with Gasteiger partial charge in [-0.15, -0.1) is 0 Å². The number of hydrogen-bond acceptors (Lipinski definition) is 12. The Morgan fingerprint density at radius 2 is 0.944 bits per heavy atom. The summed E-state index contributed by atoms with van der Waals surface area (Å²) >= 11 is 0. The van der Waals surface area contributed by atoms with Crippen LogP contribution in [0, 0.1) is 0 Å². The summed E-state index contributed by atoms with van der Waals surface area (Å²) in [5.74, 6) is -0.357. The molecule has 0 aromatic heterocycles. The van der Waals surface area contributed by atoms with Crippen LogP contribution in [0.5, 0.6) is 23.0 Å². The zero-order valence-electron chi connectivity index (χ0n) is 39.7. The molecule has 6 aromatic rings. The van der Waals surface area contributed by atoms with Gasteiger partial charge in [0.05, 0.1) is 38.2 Å². The molecule has 8 rings (SSSR count). The Morgan fingerprint density at radius 1 is 0.444 bits per heavy atom. The smallest absolute Gasteiger partial charge is 0.263 e. The third-order valence-electron chi connectivity index (χ3n) is 12.1. The van der Waals surface area contributed by atoms with E-state index in [1.807, 2.05) is 42.5 Å². The van der Waals surface area contributed by atoms with Gasteiger partial charge in [-0.25, -0.2) is 16.8 Å². The molecule has 2 aliphatic rings. The maximum Gasteiger partial charge on any atom is 0.263 e. The van der Waals surface area contributed by atoms with Crippen LogP contribution in [0.1, 0.15) is 44.7 Å². The highest BCUT2D eigenvalue weighted by Gasteiger charge is 2.37. The lowest BCUT2D eigenvalue weighted by Gasteiger charge is -2.16. The number of methoxy groups -OCH3 is 4. The molecular formula is C54H50N4O12S2. The fourth-order valence-electron chi connectivity index (χ4n) is 8.40. The minimum Gasteiger partial charge on any atom is -0.497 e. The number of hydrogen-bond donors (Lipinski definition) is 4. The monoisotopic (exact) mass is 1010 g/mol. The number of benzene rings is 6. The highest BCUT2D eigenvalue weighted by Crippen LogP contribution is 2.45. The van der Waals surface area contributed by atoms with Crippen LogP contribution in [0.25, 0.3) is 45.5 Å². The SMILES string of the molecule is COc1ccc2c(c1)C=C(C(=O)NCCCNC(=O)c1ccc(-c3cccc(-c4cc(OC)c5c(c4)S(=O)(=O)C(C(=O)NCCCNC(=O)c4ccc(-c6ccccc6OC)cc4)=C5)c3OC)cc1)S2(=O)=O. The number of fused-ring (bicyclic) bond motifs is 2. The second kappa shape index (κ2) is 21.4. The predicted octanol–water partition coefficient (Wildman–Crippen LogP) is 6.85. The largest absolute Gasteiger partial charge is 0.497 e. The Labute approximate surface area is 416 Å².